The van der Waals surface area contributed by atoms with E-state index in [1.807, 2.05) is 0 Å². The molecular weight excluding hydrogens is 140 g/mol. The van der Waals surface area contributed by atoms with Crippen LogP contribution < -0.4 is 59.1 Å². The van der Waals surface area contributed by atoms with Crippen molar-refractivity contribution in [3.63, 3.8) is 0 Å². The quantitative estimate of drug-likeness (QED) is 0.373. The Balaban J connectivity index is -0.0000000208. The topological polar surface area (TPSA) is 37.3 Å². The van der Waals surface area contributed by atoms with Crippen LogP contribution in [0, 0.1) is 0 Å². The first kappa shape index (κ1) is 16.2. The molecule has 0 aromatic rings. The summed E-state index contributed by atoms with van der Waals surface area (Å²) >= 11 is 0. The molecule has 0 saturated heterocycles. The van der Waals surface area contributed by atoms with Gasteiger partial charge in [0.05, 0.1) is 0 Å². The number of carboxylic acid groups (broad SMARTS) is 1. The first-order chi connectivity index (χ1) is 2.64. The van der Waals surface area contributed by atoms with Crippen LogP contribution in [0.2, 0.25) is 0 Å². The third-order valence-electron chi connectivity index (χ3n) is 0.187. The number of hydrogen-bond acceptors (Lipinski definition) is 1. The zero-order chi connectivity index (χ0) is 5.15. The molecule has 0 fully saturated rings. The van der Waals surface area contributed by atoms with Crippen molar-refractivity contribution < 1.29 is 80.6 Å². The predicted molar refractivity (Wildman–Crippen MR) is 15.9 cm³/mol. The van der Waals surface area contributed by atoms with Crippen molar-refractivity contribution in [3.8, 4) is 0 Å². The van der Waals surface area contributed by atoms with Gasteiger partial charge in [-0.3, -0.25) is 0 Å². The van der Waals surface area contributed by atoms with E-state index in [4.69, 9.17) is 9.90 Å². The molecule has 0 aromatic carbocycles. The SMILES string of the molecule is O=C(O)C(F)F.[H-].[H-].[Na+].[Na+]. The number of alkyl halides is 2. The molecular formula is C2H4F2Na2O2. The Morgan fingerprint density at radius 3 is 1.62 bits per heavy atom. The van der Waals surface area contributed by atoms with Gasteiger partial charge >= 0.3 is 71.5 Å². The van der Waals surface area contributed by atoms with E-state index in [0.717, 1.165) is 0 Å². The second kappa shape index (κ2) is 8.33. The first-order valence-corrected chi connectivity index (χ1v) is 1.15. The minimum absolute atomic E-state index is 0. The molecule has 0 rings (SSSR count). The van der Waals surface area contributed by atoms with Crippen molar-refractivity contribution in [1.82, 2.24) is 0 Å². The van der Waals surface area contributed by atoms with Crippen LogP contribution in [0.1, 0.15) is 2.85 Å². The van der Waals surface area contributed by atoms with Crippen molar-refractivity contribution in [3.05, 3.63) is 0 Å². The molecule has 0 saturated carbocycles. The molecule has 1 N–H and O–H groups in total. The maximum atomic E-state index is 10.6. The smallest absolute Gasteiger partial charge is 1.00 e. The van der Waals surface area contributed by atoms with Gasteiger partial charge in [0.2, 0.25) is 0 Å². The molecule has 0 aliphatic heterocycles. The largest absolute Gasteiger partial charge is 1.00 e. The van der Waals surface area contributed by atoms with Gasteiger partial charge in [-0.25, -0.2) is 4.79 Å². The van der Waals surface area contributed by atoms with Crippen molar-refractivity contribution in [1.29, 1.82) is 0 Å². The Morgan fingerprint density at radius 2 is 1.62 bits per heavy atom. The van der Waals surface area contributed by atoms with E-state index < -0.39 is 12.4 Å². The maximum Gasteiger partial charge on any atom is 1.00 e. The van der Waals surface area contributed by atoms with E-state index in [2.05, 4.69) is 0 Å². The summed E-state index contributed by atoms with van der Waals surface area (Å²) in [6, 6.07) is 0. The Labute approximate surface area is 92.2 Å². The monoisotopic (exact) mass is 144 g/mol. The minimum Gasteiger partial charge on any atom is -1.00 e. The molecule has 40 valence electrons. The molecule has 0 radical (unpaired) electrons. The molecule has 8 heavy (non-hydrogen) atoms. The van der Waals surface area contributed by atoms with Crippen LogP contribution in [-0.2, 0) is 4.79 Å². The maximum absolute atomic E-state index is 10.6. The second-order valence-electron chi connectivity index (χ2n) is 0.639. The number of rotatable bonds is 1. The number of carbonyl (C=O) groups is 1. The molecule has 0 atom stereocenters. The fourth-order valence-corrected chi connectivity index (χ4v) is 0. The summed E-state index contributed by atoms with van der Waals surface area (Å²) in [5.74, 6) is -2.07. The normalized spacial score (nSPS) is 6.88. The van der Waals surface area contributed by atoms with Gasteiger partial charge in [0, 0.05) is 0 Å². The first-order valence-electron chi connectivity index (χ1n) is 1.15. The van der Waals surface area contributed by atoms with Gasteiger partial charge in [-0.05, 0) is 0 Å². The molecule has 0 amide bonds. The minimum atomic E-state index is -3.23. The molecule has 0 aromatic heterocycles. The number of carboxylic acids is 1. The van der Waals surface area contributed by atoms with Gasteiger partial charge < -0.3 is 7.96 Å². The zero-order valence-electron chi connectivity index (χ0n) is 6.69. The number of halogens is 2. The van der Waals surface area contributed by atoms with Crippen LogP contribution in [0.3, 0.4) is 0 Å². The third-order valence-corrected chi connectivity index (χ3v) is 0.187. The average molecular weight is 144 g/mol. The molecule has 0 heterocycles. The van der Waals surface area contributed by atoms with E-state index in [-0.39, 0.29) is 62.0 Å². The van der Waals surface area contributed by atoms with Crippen molar-refractivity contribution >= 4 is 5.97 Å². The van der Waals surface area contributed by atoms with Gasteiger partial charge in [-0.15, -0.1) is 0 Å². The number of hydrogen-bond donors (Lipinski definition) is 1. The van der Waals surface area contributed by atoms with E-state index in [1.165, 1.54) is 0 Å². The Hall–Kier alpha value is 1.33. The van der Waals surface area contributed by atoms with Crippen LogP contribution in [0.5, 0.6) is 0 Å². The second-order valence-corrected chi connectivity index (χ2v) is 0.639. The summed E-state index contributed by atoms with van der Waals surface area (Å²) in [4.78, 5) is 8.95. The van der Waals surface area contributed by atoms with Gasteiger partial charge in [0.1, 0.15) is 0 Å². The van der Waals surface area contributed by atoms with E-state index in [0.29, 0.717) is 0 Å². The van der Waals surface area contributed by atoms with Crippen LogP contribution in [-0.4, -0.2) is 17.5 Å². The molecule has 0 aliphatic rings. The Morgan fingerprint density at radius 1 is 1.50 bits per heavy atom. The van der Waals surface area contributed by atoms with E-state index >= 15 is 0 Å². The van der Waals surface area contributed by atoms with Crippen LogP contribution >= 0.6 is 0 Å². The van der Waals surface area contributed by atoms with Crippen molar-refractivity contribution in [2.45, 2.75) is 6.43 Å². The third kappa shape index (κ3) is 10.3. The molecule has 0 spiro atoms. The molecule has 0 aliphatic carbocycles. The Kier molecular flexibility index (Phi) is 16.8. The zero-order valence-corrected chi connectivity index (χ0v) is 8.69. The molecule has 0 unspecified atom stereocenters. The molecule has 2 nitrogen and oxygen atoms in total. The Bertz CT molecular complexity index is 74.3. The standard InChI is InChI=1S/C2H2F2O2.2Na.2H/c3-1(4)2(5)6;;;;/h1H,(H,5,6);;;;/q;2*+1;2*-1. The van der Waals surface area contributed by atoms with Crippen LogP contribution in [0.4, 0.5) is 8.78 Å². The van der Waals surface area contributed by atoms with Crippen LogP contribution in [0.15, 0.2) is 0 Å². The summed E-state index contributed by atoms with van der Waals surface area (Å²) < 4.78 is 21.1. The van der Waals surface area contributed by atoms with Gasteiger partial charge in [0.25, 0.3) is 0 Å². The van der Waals surface area contributed by atoms with Crippen LogP contribution in [0.25, 0.3) is 0 Å². The fourth-order valence-electron chi connectivity index (χ4n) is 0. The van der Waals surface area contributed by atoms with Gasteiger partial charge in [-0.1, -0.05) is 0 Å². The summed E-state index contributed by atoms with van der Waals surface area (Å²) in [7, 11) is 0. The summed E-state index contributed by atoms with van der Waals surface area (Å²) in [5.41, 5.74) is 0. The van der Waals surface area contributed by atoms with Gasteiger partial charge in [0.15, 0.2) is 0 Å². The fraction of sp³-hybridized carbons (Fsp3) is 0.500. The predicted octanol–water partition coefficient (Wildman–Crippen LogP) is -5.43. The summed E-state index contributed by atoms with van der Waals surface area (Å²) in [6.07, 6.45) is -3.23. The average Bonchev–Trinajstić information content (AvgIpc) is 1.36. The van der Waals surface area contributed by atoms with Crippen molar-refractivity contribution in [2.24, 2.45) is 0 Å². The summed E-state index contributed by atoms with van der Waals surface area (Å²) in [6.45, 7) is 0. The molecule has 6 heteroatoms. The van der Waals surface area contributed by atoms with E-state index in [9.17, 15) is 8.78 Å². The summed E-state index contributed by atoms with van der Waals surface area (Å²) in [5, 5.41) is 7.24. The number of aliphatic carboxylic acids is 1. The van der Waals surface area contributed by atoms with Crippen molar-refractivity contribution in [2.75, 3.05) is 0 Å². The van der Waals surface area contributed by atoms with E-state index in [1.54, 1.807) is 0 Å². The van der Waals surface area contributed by atoms with Gasteiger partial charge in [-0.2, -0.15) is 8.78 Å². The molecule has 0 bridgehead atoms.